The summed E-state index contributed by atoms with van der Waals surface area (Å²) in [5.74, 6) is 0.690. The van der Waals surface area contributed by atoms with Gasteiger partial charge in [-0.1, -0.05) is 26.0 Å². The van der Waals surface area contributed by atoms with E-state index in [2.05, 4.69) is 47.8 Å². The largest absolute Gasteiger partial charge is 0.398 e. The fourth-order valence-corrected chi connectivity index (χ4v) is 2.09. The van der Waals surface area contributed by atoms with Crippen molar-refractivity contribution in [3.8, 4) is 0 Å². The Bertz CT molecular complexity index is 323. The van der Waals surface area contributed by atoms with Crippen molar-refractivity contribution in [1.29, 1.82) is 0 Å². The third-order valence-corrected chi connectivity index (χ3v) is 3.19. The molecule has 0 aliphatic heterocycles. The minimum atomic E-state index is 0.690. The van der Waals surface area contributed by atoms with E-state index in [9.17, 15) is 0 Å². The Kier molecular flexibility index (Phi) is 4.61. The van der Waals surface area contributed by atoms with E-state index < -0.39 is 0 Å². The van der Waals surface area contributed by atoms with Gasteiger partial charge in [-0.05, 0) is 40.5 Å². The van der Waals surface area contributed by atoms with E-state index in [-0.39, 0.29) is 0 Å². The van der Waals surface area contributed by atoms with E-state index in [0.717, 1.165) is 23.2 Å². The Hall–Kier alpha value is -0.540. The Labute approximate surface area is 101 Å². The van der Waals surface area contributed by atoms with E-state index in [0.29, 0.717) is 5.92 Å². The number of hydrogen-bond donors (Lipinski definition) is 1. The Morgan fingerprint density at radius 3 is 2.67 bits per heavy atom. The van der Waals surface area contributed by atoms with Crippen LogP contribution in [0.2, 0.25) is 0 Å². The van der Waals surface area contributed by atoms with Gasteiger partial charge in [0.2, 0.25) is 0 Å². The van der Waals surface area contributed by atoms with Crippen LogP contribution >= 0.6 is 15.9 Å². The van der Waals surface area contributed by atoms with Crippen molar-refractivity contribution in [3.05, 3.63) is 28.2 Å². The molecule has 0 fully saturated rings. The molecule has 2 nitrogen and oxygen atoms in total. The van der Waals surface area contributed by atoms with Gasteiger partial charge in [-0.3, -0.25) is 0 Å². The lowest BCUT2D eigenvalue weighted by Crippen LogP contribution is -2.22. The van der Waals surface area contributed by atoms with Crippen LogP contribution < -0.4 is 5.73 Å². The van der Waals surface area contributed by atoms with Crippen molar-refractivity contribution in [1.82, 2.24) is 4.90 Å². The number of benzene rings is 1. The number of nitrogens with two attached hydrogens (primary N) is 1. The molecule has 0 saturated heterocycles. The zero-order valence-electron chi connectivity index (χ0n) is 9.63. The first-order valence-electron chi connectivity index (χ1n) is 5.22. The first-order valence-corrected chi connectivity index (χ1v) is 6.01. The molecule has 1 rings (SSSR count). The summed E-state index contributed by atoms with van der Waals surface area (Å²) < 4.78 is 1.03. The summed E-state index contributed by atoms with van der Waals surface area (Å²) >= 11 is 3.52. The molecular weight excluding hydrogens is 252 g/mol. The Morgan fingerprint density at radius 2 is 2.07 bits per heavy atom. The molecule has 2 N–H and O–H groups in total. The highest BCUT2D eigenvalue weighted by atomic mass is 79.9. The predicted octanol–water partition coefficient (Wildman–Crippen LogP) is 3.12. The summed E-state index contributed by atoms with van der Waals surface area (Å²) in [5, 5.41) is 0. The molecule has 1 aromatic rings. The lowest BCUT2D eigenvalue weighted by atomic mass is 10.1. The van der Waals surface area contributed by atoms with E-state index in [1.54, 1.807) is 0 Å². The number of rotatable bonds is 4. The van der Waals surface area contributed by atoms with Crippen LogP contribution in [0.4, 0.5) is 5.69 Å². The molecule has 0 saturated carbocycles. The van der Waals surface area contributed by atoms with Crippen molar-refractivity contribution in [2.24, 2.45) is 5.92 Å². The molecule has 0 aliphatic carbocycles. The second kappa shape index (κ2) is 5.52. The summed E-state index contributed by atoms with van der Waals surface area (Å²) in [6.07, 6.45) is 0. The van der Waals surface area contributed by atoms with Crippen molar-refractivity contribution < 1.29 is 0 Å². The van der Waals surface area contributed by atoms with Gasteiger partial charge in [-0.25, -0.2) is 0 Å². The van der Waals surface area contributed by atoms with E-state index in [4.69, 9.17) is 5.73 Å². The molecule has 0 amide bonds. The quantitative estimate of drug-likeness (QED) is 0.852. The summed E-state index contributed by atoms with van der Waals surface area (Å²) in [5.41, 5.74) is 7.89. The van der Waals surface area contributed by atoms with Gasteiger partial charge in [0.1, 0.15) is 0 Å². The van der Waals surface area contributed by atoms with Crippen molar-refractivity contribution in [2.75, 3.05) is 19.3 Å². The molecule has 0 atom stereocenters. The van der Waals surface area contributed by atoms with Crippen LogP contribution in [0, 0.1) is 5.92 Å². The zero-order chi connectivity index (χ0) is 11.4. The third kappa shape index (κ3) is 3.84. The fraction of sp³-hybridized carbons (Fsp3) is 0.500. The first-order chi connectivity index (χ1) is 7.00. The summed E-state index contributed by atoms with van der Waals surface area (Å²) in [4.78, 5) is 2.31. The highest BCUT2D eigenvalue weighted by molar-refractivity contribution is 9.10. The lowest BCUT2D eigenvalue weighted by molar-refractivity contribution is 0.288. The number of nitrogens with zero attached hydrogens (tertiary/aromatic N) is 1. The van der Waals surface area contributed by atoms with Crippen LogP contribution in [0.15, 0.2) is 22.7 Å². The van der Waals surface area contributed by atoms with Crippen LogP contribution in [0.5, 0.6) is 0 Å². The molecule has 3 heteroatoms. The molecule has 0 aromatic heterocycles. The Morgan fingerprint density at radius 1 is 1.40 bits per heavy atom. The standard InChI is InChI=1S/C12H19BrN2/c1-9(2)7-15(3)8-10-5-4-6-11(14)12(10)13/h4-6,9H,7-8,14H2,1-3H3. The second-order valence-corrected chi connectivity index (χ2v) is 5.20. The van der Waals surface area contributed by atoms with Crippen molar-refractivity contribution >= 4 is 21.6 Å². The van der Waals surface area contributed by atoms with Crippen LogP contribution in [0.3, 0.4) is 0 Å². The van der Waals surface area contributed by atoms with Crippen LogP contribution in [0.25, 0.3) is 0 Å². The Balaban J connectivity index is 2.68. The summed E-state index contributed by atoms with van der Waals surface area (Å²) in [7, 11) is 2.13. The molecule has 0 radical (unpaired) electrons. The smallest absolute Gasteiger partial charge is 0.0461 e. The maximum atomic E-state index is 5.83. The summed E-state index contributed by atoms with van der Waals surface area (Å²) in [6, 6.07) is 6.02. The minimum absolute atomic E-state index is 0.690. The fourth-order valence-electron chi connectivity index (χ4n) is 1.70. The molecule has 0 aliphatic rings. The van der Waals surface area contributed by atoms with E-state index in [1.165, 1.54) is 5.56 Å². The number of hydrogen-bond acceptors (Lipinski definition) is 2. The maximum Gasteiger partial charge on any atom is 0.0461 e. The van der Waals surface area contributed by atoms with Gasteiger partial charge in [-0.2, -0.15) is 0 Å². The maximum absolute atomic E-state index is 5.83. The number of anilines is 1. The van der Waals surface area contributed by atoms with E-state index >= 15 is 0 Å². The van der Waals surface area contributed by atoms with Gasteiger partial charge >= 0.3 is 0 Å². The molecule has 0 bridgehead atoms. The van der Waals surface area contributed by atoms with Crippen molar-refractivity contribution in [3.63, 3.8) is 0 Å². The molecular formula is C12H19BrN2. The van der Waals surface area contributed by atoms with E-state index in [1.807, 2.05) is 12.1 Å². The lowest BCUT2D eigenvalue weighted by Gasteiger charge is -2.20. The SMILES string of the molecule is CC(C)CN(C)Cc1cccc(N)c1Br. The topological polar surface area (TPSA) is 29.3 Å². The van der Waals surface area contributed by atoms with Gasteiger partial charge in [-0.15, -0.1) is 0 Å². The highest BCUT2D eigenvalue weighted by Gasteiger charge is 2.07. The monoisotopic (exact) mass is 270 g/mol. The molecule has 1 aromatic carbocycles. The molecule has 0 unspecified atom stereocenters. The van der Waals surface area contributed by atoms with Crippen LogP contribution in [-0.4, -0.2) is 18.5 Å². The average molecular weight is 271 g/mol. The molecule has 0 heterocycles. The first kappa shape index (κ1) is 12.5. The van der Waals surface area contributed by atoms with Crippen LogP contribution in [-0.2, 0) is 6.54 Å². The summed E-state index contributed by atoms with van der Waals surface area (Å²) in [6.45, 7) is 6.49. The zero-order valence-corrected chi connectivity index (χ0v) is 11.2. The number of nitrogen functional groups attached to an aromatic ring is 1. The van der Waals surface area contributed by atoms with Gasteiger partial charge in [0.15, 0.2) is 0 Å². The normalized spacial score (nSPS) is 11.3. The molecule has 0 spiro atoms. The highest BCUT2D eigenvalue weighted by Crippen LogP contribution is 2.24. The van der Waals surface area contributed by atoms with Crippen molar-refractivity contribution in [2.45, 2.75) is 20.4 Å². The average Bonchev–Trinajstić information content (AvgIpc) is 2.11. The third-order valence-electron chi connectivity index (χ3n) is 2.23. The van der Waals surface area contributed by atoms with Crippen LogP contribution in [0.1, 0.15) is 19.4 Å². The van der Waals surface area contributed by atoms with Gasteiger partial charge in [0, 0.05) is 23.2 Å². The molecule has 84 valence electrons. The van der Waals surface area contributed by atoms with Gasteiger partial charge in [0.05, 0.1) is 0 Å². The minimum Gasteiger partial charge on any atom is -0.398 e. The van der Waals surface area contributed by atoms with Gasteiger partial charge in [0.25, 0.3) is 0 Å². The molecule has 15 heavy (non-hydrogen) atoms. The predicted molar refractivity (Wildman–Crippen MR) is 69.7 cm³/mol. The van der Waals surface area contributed by atoms with Gasteiger partial charge < -0.3 is 10.6 Å². The second-order valence-electron chi connectivity index (χ2n) is 4.41. The number of halogens is 1.